The maximum absolute atomic E-state index is 12.3. The van der Waals surface area contributed by atoms with Gasteiger partial charge in [0, 0.05) is 48.8 Å². The third-order valence-corrected chi connectivity index (χ3v) is 8.77. The van der Waals surface area contributed by atoms with E-state index in [-0.39, 0.29) is 11.8 Å². The Hall–Kier alpha value is -0.740. The first-order valence-electron chi connectivity index (χ1n) is 12.3. The van der Waals surface area contributed by atoms with Gasteiger partial charge in [-0.2, -0.15) is 0 Å². The number of hydrogen-bond donors (Lipinski definition) is 0. The first-order chi connectivity index (χ1) is 13.8. The Morgan fingerprint density at radius 1 is 0.724 bits per heavy atom. The summed E-state index contributed by atoms with van der Waals surface area (Å²) in [5.74, 6) is 2.00. The SMILES string of the molecule is CC(C)C(=O)C1CCC2(CC1)CC(N1CCC(N3CC(C(=O)C(C)C)C3)CC1)C2. The van der Waals surface area contributed by atoms with Gasteiger partial charge in [0.25, 0.3) is 0 Å². The molecule has 2 saturated carbocycles. The summed E-state index contributed by atoms with van der Waals surface area (Å²) in [7, 11) is 0. The molecule has 0 radical (unpaired) electrons. The van der Waals surface area contributed by atoms with Crippen molar-refractivity contribution in [2.45, 2.75) is 91.1 Å². The van der Waals surface area contributed by atoms with Gasteiger partial charge in [-0.1, -0.05) is 27.7 Å². The fourth-order valence-electron chi connectivity index (χ4n) is 6.67. The summed E-state index contributed by atoms with van der Waals surface area (Å²) in [6, 6.07) is 1.49. The van der Waals surface area contributed by atoms with Crippen LogP contribution in [0.2, 0.25) is 0 Å². The van der Waals surface area contributed by atoms with Gasteiger partial charge in [-0.05, 0) is 69.9 Å². The molecule has 4 rings (SSSR count). The van der Waals surface area contributed by atoms with E-state index in [2.05, 4.69) is 23.6 Å². The third kappa shape index (κ3) is 4.35. The molecule has 29 heavy (non-hydrogen) atoms. The molecule has 2 aliphatic heterocycles. The molecular weight excluding hydrogens is 360 g/mol. The minimum Gasteiger partial charge on any atom is -0.300 e. The first kappa shape index (κ1) is 21.5. The zero-order valence-corrected chi connectivity index (χ0v) is 19.2. The molecule has 0 bridgehead atoms. The second-order valence-electron chi connectivity index (χ2n) is 11.4. The van der Waals surface area contributed by atoms with E-state index < -0.39 is 0 Å². The fraction of sp³-hybridized carbons (Fsp3) is 0.920. The molecule has 4 heteroatoms. The van der Waals surface area contributed by atoms with Crippen LogP contribution < -0.4 is 0 Å². The summed E-state index contributed by atoms with van der Waals surface area (Å²) in [5.41, 5.74) is 0.567. The molecule has 0 aromatic carbocycles. The van der Waals surface area contributed by atoms with E-state index in [4.69, 9.17) is 0 Å². The highest BCUT2D eigenvalue weighted by Gasteiger charge is 2.49. The van der Waals surface area contributed by atoms with Crippen LogP contribution in [0, 0.1) is 29.1 Å². The fourth-order valence-corrected chi connectivity index (χ4v) is 6.67. The molecular formula is C25H42N2O2. The van der Waals surface area contributed by atoms with Crippen molar-refractivity contribution in [3.8, 4) is 0 Å². The summed E-state index contributed by atoms with van der Waals surface area (Å²) in [4.78, 5) is 29.7. The monoisotopic (exact) mass is 402 g/mol. The van der Waals surface area contributed by atoms with Gasteiger partial charge in [0.15, 0.2) is 0 Å². The molecule has 2 heterocycles. The van der Waals surface area contributed by atoms with Crippen molar-refractivity contribution in [1.29, 1.82) is 0 Å². The lowest BCUT2D eigenvalue weighted by molar-refractivity contribution is -0.133. The molecule has 0 amide bonds. The van der Waals surface area contributed by atoms with E-state index in [0.29, 0.717) is 34.9 Å². The van der Waals surface area contributed by atoms with Crippen LogP contribution in [0.25, 0.3) is 0 Å². The lowest BCUT2D eigenvalue weighted by atomic mass is 9.56. The Bertz CT molecular complexity index is 598. The number of rotatable bonds is 6. The van der Waals surface area contributed by atoms with Crippen LogP contribution in [0.15, 0.2) is 0 Å². The Balaban J connectivity index is 1.16. The molecule has 4 fully saturated rings. The number of piperidine rings is 1. The molecule has 4 aliphatic rings. The number of ketones is 2. The van der Waals surface area contributed by atoms with Crippen LogP contribution in [-0.4, -0.2) is 59.6 Å². The van der Waals surface area contributed by atoms with Crippen LogP contribution in [0.4, 0.5) is 0 Å². The van der Waals surface area contributed by atoms with Crippen molar-refractivity contribution in [2.24, 2.45) is 29.1 Å². The zero-order chi connectivity index (χ0) is 20.8. The van der Waals surface area contributed by atoms with Crippen LogP contribution >= 0.6 is 0 Å². The Morgan fingerprint density at radius 2 is 1.24 bits per heavy atom. The summed E-state index contributed by atoms with van der Waals surface area (Å²) in [6.07, 6.45) is 10.1. The topological polar surface area (TPSA) is 40.6 Å². The van der Waals surface area contributed by atoms with E-state index in [1.807, 2.05) is 13.8 Å². The zero-order valence-electron chi connectivity index (χ0n) is 19.2. The smallest absolute Gasteiger partial charge is 0.141 e. The number of carbonyl (C=O) groups excluding carboxylic acids is 2. The van der Waals surface area contributed by atoms with Crippen molar-refractivity contribution in [2.75, 3.05) is 26.2 Å². The van der Waals surface area contributed by atoms with Crippen LogP contribution in [0.3, 0.4) is 0 Å². The second-order valence-corrected chi connectivity index (χ2v) is 11.4. The number of Topliss-reactive ketones (excluding diaryl/α,β-unsaturated/α-hetero) is 2. The maximum Gasteiger partial charge on any atom is 0.141 e. The van der Waals surface area contributed by atoms with Gasteiger partial charge >= 0.3 is 0 Å². The number of hydrogen-bond acceptors (Lipinski definition) is 4. The standard InChI is InChI=1S/C25H42N2O2/c1-17(2)23(28)19-5-9-25(10-6-19)13-22(14-25)26-11-7-21(8-12-26)27-15-20(16-27)24(29)18(3)4/h17-22H,5-16H2,1-4H3. The highest BCUT2D eigenvalue weighted by Crippen LogP contribution is 2.55. The van der Waals surface area contributed by atoms with Gasteiger partial charge < -0.3 is 4.90 Å². The number of nitrogens with zero attached hydrogens (tertiary/aromatic N) is 2. The van der Waals surface area contributed by atoms with Gasteiger partial charge in [0.2, 0.25) is 0 Å². The van der Waals surface area contributed by atoms with E-state index in [1.54, 1.807) is 0 Å². The van der Waals surface area contributed by atoms with Crippen molar-refractivity contribution in [1.82, 2.24) is 9.80 Å². The molecule has 0 aromatic heterocycles. The van der Waals surface area contributed by atoms with Crippen molar-refractivity contribution < 1.29 is 9.59 Å². The largest absolute Gasteiger partial charge is 0.300 e. The molecule has 1 spiro atoms. The van der Waals surface area contributed by atoms with Gasteiger partial charge in [-0.25, -0.2) is 0 Å². The van der Waals surface area contributed by atoms with Crippen LogP contribution in [0.5, 0.6) is 0 Å². The second kappa shape index (κ2) is 8.42. The lowest BCUT2D eigenvalue weighted by Crippen LogP contribution is -2.60. The highest BCUT2D eigenvalue weighted by atomic mass is 16.1. The third-order valence-electron chi connectivity index (χ3n) is 8.77. The molecule has 164 valence electrons. The summed E-state index contributed by atoms with van der Waals surface area (Å²) < 4.78 is 0. The Morgan fingerprint density at radius 3 is 1.76 bits per heavy atom. The number of likely N-dealkylation sites (tertiary alicyclic amines) is 2. The highest BCUT2D eigenvalue weighted by molar-refractivity contribution is 5.84. The van der Waals surface area contributed by atoms with Gasteiger partial charge in [-0.3, -0.25) is 14.5 Å². The van der Waals surface area contributed by atoms with E-state index in [1.165, 1.54) is 51.6 Å². The molecule has 2 saturated heterocycles. The average Bonchev–Trinajstić information content (AvgIpc) is 2.65. The quantitative estimate of drug-likeness (QED) is 0.668. The van der Waals surface area contributed by atoms with Crippen molar-refractivity contribution >= 4 is 11.6 Å². The Kier molecular flexibility index (Phi) is 6.24. The van der Waals surface area contributed by atoms with Gasteiger partial charge in [-0.15, -0.1) is 0 Å². The predicted octanol–water partition coefficient (Wildman–Crippen LogP) is 4.17. The number of carbonyl (C=O) groups is 2. The minimum absolute atomic E-state index is 0.188. The van der Waals surface area contributed by atoms with Crippen LogP contribution in [0.1, 0.15) is 79.1 Å². The summed E-state index contributed by atoms with van der Waals surface area (Å²) >= 11 is 0. The first-order valence-corrected chi connectivity index (χ1v) is 12.3. The molecule has 4 nitrogen and oxygen atoms in total. The Labute approximate surface area is 177 Å². The maximum atomic E-state index is 12.3. The average molecular weight is 403 g/mol. The van der Waals surface area contributed by atoms with E-state index >= 15 is 0 Å². The molecule has 0 aromatic rings. The van der Waals surface area contributed by atoms with Gasteiger partial charge in [0.05, 0.1) is 0 Å². The lowest BCUT2D eigenvalue weighted by Gasteiger charge is -2.56. The minimum atomic E-state index is 0.188. The van der Waals surface area contributed by atoms with E-state index in [0.717, 1.165) is 32.0 Å². The molecule has 2 aliphatic carbocycles. The van der Waals surface area contributed by atoms with Gasteiger partial charge in [0.1, 0.15) is 11.6 Å². The van der Waals surface area contributed by atoms with Crippen molar-refractivity contribution in [3.63, 3.8) is 0 Å². The summed E-state index contributed by atoms with van der Waals surface area (Å²) in [6.45, 7) is 12.6. The van der Waals surface area contributed by atoms with E-state index in [9.17, 15) is 9.59 Å². The summed E-state index contributed by atoms with van der Waals surface area (Å²) in [5, 5.41) is 0. The van der Waals surface area contributed by atoms with Crippen molar-refractivity contribution in [3.05, 3.63) is 0 Å². The van der Waals surface area contributed by atoms with Crippen LogP contribution in [-0.2, 0) is 9.59 Å². The molecule has 0 atom stereocenters. The predicted molar refractivity (Wildman–Crippen MR) is 117 cm³/mol. The normalized spacial score (nSPS) is 35.1. The molecule has 0 unspecified atom stereocenters. The molecule has 0 N–H and O–H groups in total.